The Hall–Kier alpha value is -3.66. The zero-order valence-electron chi connectivity index (χ0n) is 25.1. The van der Waals surface area contributed by atoms with E-state index in [2.05, 4.69) is 111 Å². The van der Waals surface area contributed by atoms with Crippen molar-refractivity contribution >= 4 is 23.1 Å². The largest absolute Gasteiger partial charge is 0.481 e. The summed E-state index contributed by atoms with van der Waals surface area (Å²) in [6.45, 7) is 13.8. The molecule has 3 heterocycles. The Morgan fingerprint density at radius 1 is 0.829 bits per heavy atom. The molecule has 7 rings (SSSR count). The summed E-state index contributed by atoms with van der Waals surface area (Å²) in [4.78, 5) is 13.8. The van der Waals surface area contributed by atoms with Gasteiger partial charge in [0.25, 0.3) is 0 Å². The lowest BCUT2D eigenvalue weighted by molar-refractivity contribution is -0.434. The van der Waals surface area contributed by atoms with Gasteiger partial charge in [-0.15, -0.1) is 0 Å². The van der Waals surface area contributed by atoms with Crippen LogP contribution < -0.4 is 4.90 Å². The van der Waals surface area contributed by atoms with Crippen LogP contribution in [0.1, 0.15) is 89.0 Å². The average molecular weight is 546 g/mol. The van der Waals surface area contributed by atoms with Crippen LogP contribution in [-0.4, -0.2) is 34.5 Å². The van der Waals surface area contributed by atoms with E-state index in [1.165, 1.54) is 56.2 Å². The first-order valence-corrected chi connectivity index (χ1v) is 15.3. The van der Waals surface area contributed by atoms with Gasteiger partial charge in [-0.05, 0) is 73.6 Å². The van der Waals surface area contributed by atoms with Crippen LogP contribution in [0.15, 0.2) is 72.4 Å². The van der Waals surface area contributed by atoms with Gasteiger partial charge >= 0.3 is 5.97 Å². The fourth-order valence-corrected chi connectivity index (χ4v) is 8.31. The van der Waals surface area contributed by atoms with Crippen LogP contribution in [0.2, 0.25) is 0 Å². The van der Waals surface area contributed by atoms with Crippen molar-refractivity contribution < 1.29 is 14.5 Å². The first kappa shape index (κ1) is 26.3. The van der Waals surface area contributed by atoms with Gasteiger partial charge in [-0.25, -0.2) is 0 Å². The van der Waals surface area contributed by atoms with Gasteiger partial charge in [0.1, 0.15) is 0 Å². The lowest BCUT2D eigenvalue weighted by atomic mass is 9.74. The predicted molar refractivity (Wildman–Crippen MR) is 167 cm³/mol. The first-order valence-electron chi connectivity index (χ1n) is 15.3. The number of allylic oxidation sites excluding steroid dienone is 2. The SMILES string of the molecule is CC1(C)C2=[N+](CCN3C(=C2)C(C)(CCCCCC(=O)O)c2cc4c(cc23)C(C)(C)c2ccccc2-4)c2ccccc21. The average Bonchev–Trinajstić information content (AvgIpc) is 3.30. The number of carbonyl (C=O) groups is 1. The highest BCUT2D eigenvalue weighted by atomic mass is 16.4. The second-order valence-corrected chi connectivity index (χ2v) is 13.7. The Morgan fingerprint density at radius 2 is 1.56 bits per heavy atom. The molecule has 1 unspecified atom stereocenters. The van der Waals surface area contributed by atoms with Gasteiger partial charge in [0, 0.05) is 46.3 Å². The number of aliphatic carboxylic acids is 1. The molecule has 0 saturated carbocycles. The number of nitrogens with zero attached hydrogens (tertiary/aromatic N) is 2. The topological polar surface area (TPSA) is 43.5 Å². The second-order valence-electron chi connectivity index (χ2n) is 13.7. The number of rotatable bonds is 6. The summed E-state index contributed by atoms with van der Waals surface area (Å²) in [5, 5.41) is 9.19. The van der Waals surface area contributed by atoms with E-state index in [0.717, 1.165) is 38.8 Å². The van der Waals surface area contributed by atoms with Crippen LogP contribution in [0.25, 0.3) is 11.1 Å². The summed E-state index contributed by atoms with van der Waals surface area (Å²) in [5.74, 6) is -0.698. The minimum Gasteiger partial charge on any atom is -0.481 e. The molecule has 0 spiro atoms. The molecule has 3 aromatic rings. The number of fused-ring (bicyclic) bond motifs is 8. The van der Waals surface area contributed by atoms with Crippen LogP contribution in [-0.2, 0) is 21.0 Å². The highest BCUT2D eigenvalue weighted by molar-refractivity contribution is 6.05. The molecule has 1 atom stereocenters. The Kier molecular flexibility index (Phi) is 5.71. The van der Waals surface area contributed by atoms with E-state index in [1.807, 2.05) is 0 Å². The van der Waals surface area contributed by atoms with Crippen molar-refractivity contribution in [2.24, 2.45) is 0 Å². The maximum absolute atomic E-state index is 11.2. The number of para-hydroxylation sites is 1. The molecule has 1 aliphatic carbocycles. The zero-order valence-corrected chi connectivity index (χ0v) is 25.1. The third-order valence-electron chi connectivity index (χ3n) is 10.6. The van der Waals surface area contributed by atoms with Crippen LogP contribution in [0.4, 0.5) is 11.4 Å². The Balaban J connectivity index is 1.38. The van der Waals surface area contributed by atoms with Gasteiger partial charge < -0.3 is 10.0 Å². The van der Waals surface area contributed by atoms with Crippen LogP contribution in [0, 0.1) is 0 Å². The molecular weight excluding hydrogens is 504 g/mol. The minimum atomic E-state index is -0.698. The van der Waals surface area contributed by atoms with Crippen LogP contribution in [0.5, 0.6) is 0 Å². The third-order valence-corrected chi connectivity index (χ3v) is 10.6. The standard InChI is InChI=1S/C37H40N2O2/c1-35(2)26-14-9-8-13-24(26)25-21-29-31(22-28(25)35)39-20-19-38-30-16-11-10-15-27(30)36(3,4)32(38)23-33(39)37(29,5)18-12-6-7-17-34(40)41/h8-11,13-16,21-23H,6-7,12,17-20H2,1-5H3/p+1. The highest BCUT2D eigenvalue weighted by Gasteiger charge is 2.51. The van der Waals surface area contributed by atoms with E-state index in [0.29, 0.717) is 0 Å². The number of benzene rings is 3. The fraction of sp³-hybridized carbons (Fsp3) is 0.405. The van der Waals surface area contributed by atoms with E-state index in [-0.39, 0.29) is 22.7 Å². The molecule has 3 aliphatic heterocycles. The van der Waals surface area contributed by atoms with E-state index >= 15 is 0 Å². The van der Waals surface area contributed by atoms with Crippen LogP contribution in [0.3, 0.4) is 0 Å². The summed E-state index contributed by atoms with van der Waals surface area (Å²) < 4.78 is 2.56. The molecule has 0 saturated heterocycles. The number of carboxylic acids is 1. The predicted octanol–water partition coefficient (Wildman–Crippen LogP) is 8.08. The smallest absolute Gasteiger partial charge is 0.303 e. The highest BCUT2D eigenvalue weighted by Crippen LogP contribution is 2.58. The van der Waals surface area contributed by atoms with Crippen molar-refractivity contribution in [3.63, 3.8) is 0 Å². The van der Waals surface area contributed by atoms with E-state index in [1.54, 1.807) is 0 Å². The van der Waals surface area contributed by atoms with Crippen molar-refractivity contribution in [1.82, 2.24) is 0 Å². The van der Waals surface area contributed by atoms with Gasteiger partial charge in [0.15, 0.2) is 12.3 Å². The molecule has 4 aliphatic rings. The molecule has 0 radical (unpaired) electrons. The first-order chi connectivity index (χ1) is 19.5. The molecular formula is C37H41N2O2+. The molecule has 210 valence electrons. The number of anilines is 1. The summed E-state index contributed by atoms with van der Waals surface area (Å²) in [6.07, 6.45) is 6.46. The molecule has 0 bridgehead atoms. The van der Waals surface area contributed by atoms with Crippen molar-refractivity contribution in [3.8, 4) is 11.1 Å². The molecule has 0 aromatic heterocycles. The van der Waals surface area contributed by atoms with Gasteiger partial charge in [0.05, 0.1) is 12.0 Å². The lowest BCUT2D eigenvalue weighted by Gasteiger charge is -2.30. The normalized spacial score (nSPS) is 22.3. The Bertz CT molecular complexity index is 1670. The molecule has 4 heteroatoms. The molecule has 41 heavy (non-hydrogen) atoms. The zero-order chi connectivity index (χ0) is 28.7. The summed E-state index contributed by atoms with van der Waals surface area (Å²) in [7, 11) is 0. The Morgan fingerprint density at radius 3 is 2.34 bits per heavy atom. The maximum Gasteiger partial charge on any atom is 0.303 e. The van der Waals surface area contributed by atoms with Crippen molar-refractivity contribution in [2.75, 3.05) is 18.0 Å². The lowest BCUT2D eigenvalue weighted by Crippen LogP contribution is -2.31. The Labute approximate surface area is 244 Å². The summed E-state index contributed by atoms with van der Waals surface area (Å²) in [5.41, 5.74) is 13.6. The van der Waals surface area contributed by atoms with Crippen molar-refractivity contribution in [2.45, 2.75) is 83.0 Å². The maximum atomic E-state index is 11.2. The summed E-state index contributed by atoms with van der Waals surface area (Å²) in [6, 6.07) is 22.8. The van der Waals surface area contributed by atoms with Crippen molar-refractivity contribution in [3.05, 3.63) is 94.7 Å². The van der Waals surface area contributed by atoms with E-state index in [4.69, 9.17) is 0 Å². The monoisotopic (exact) mass is 545 g/mol. The number of unbranched alkanes of at least 4 members (excludes halogenated alkanes) is 2. The number of hydrogen-bond donors (Lipinski definition) is 1. The van der Waals surface area contributed by atoms with E-state index < -0.39 is 5.97 Å². The van der Waals surface area contributed by atoms with Gasteiger partial charge in [-0.3, -0.25) is 4.79 Å². The molecule has 4 nitrogen and oxygen atoms in total. The fourth-order valence-electron chi connectivity index (χ4n) is 8.31. The third kappa shape index (κ3) is 3.65. The molecule has 3 aromatic carbocycles. The summed E-state index contributed by atoms with van der Waals surface area (Å²) >= 11 is 0. The van der Waals surface area contributed by atoms with Crippen molar-refractivity contribution in [1.29, 1.82) is 0 Å². The van der Waals surface area contributed by atoms with E-state index in [9.17, 15) is 9.90 Å². The van der Waals surface area contributed by atoms with Gasteiger partial charge in [-0.1, -0.05) is 69.2 Å². The molecule has 0 fully saturated rings. The van der Waals surface area contributed by atoms with Gasteiger partial charge in [-0.2, -0.15) is 4.58 Å². The molecule has 1 N–H and O–H groups in total. The second kappa shape index (κ2) is 8.92. The number of hydrogen-bond acceptors (Lipinski definition) is 2. The molecule has 0 amide bonds. The van der Waals surface area contributed by atoms with Gasteiger partial charge in [0.2, 0.25) is 5.69 Å². The number of carboxylic acid groups (broad SMARTS) is 1. The quantitative estimate of drug-likeness (QED) is 0.252. The minimum absolute atomic E-state index is 0.0395. The van der Waals surface area contributed by atoms with Crippen LogP contribution >= 0.6 is 0 Å².